The Kier molecular flexibility index (Phi) is 3.76. The van der Waals surface area contributed by atoms with Crippen molar-refractivity contribution in [2.75, 3.05) is 12.3 Å². The number of aromatic nitrogens is 2. The van der Waals surface area contributed by atoms with Crippen LogP contribution in [-0.2, 0) is 11.2 Å². The van der Waals surface area contributed by atoms with Crippen molar-refractivity contribution in [3.8, 4) is 11.5 Å². The third kappa shape index (κ3) is 2.58. The summed E-state index contributed by atoms with van der Waals surface area (Å²) >= 11 is 1.56. The summed E-state index contributed by atoms with van der Waals surface area (Å²) in [6.45, 7) is 4.92. The Morgan fingerprint density at radius 2 is 2.20 bits per heavy atom. The van der Waals surface area contributed by atoms with Crippen molar-refractivity contribution < 1.29 is 9.26 Å². The van der Waals surface area contributed by atoms with Crippen LogP contribution in [0, 0.1) is 13.8 Å². The van der Waals surface area contributed by atoms with Crippen LogP contribution in [0.25, 0.3) is 11.5 Å². The van der Waals surface area contributed by atoms with Gasteiger partial charge >= 0.3 is 0 Å². The van der Waals surface area contributed by atoms with E-state index in [-0.39, 0.29) is 6.10 Å². The van der Waals surface area contributed by atoms with Crippen molar-refractivity contribution in [3.63, 3.8) is 0 Å². The number of nitrogens with two attached hydrogens (primary N) is 1. The van der Waals surface area contributed by atoms with E-state index in [2.05, 4.69) is 10.1 Å². The van der Waals surface area contributed by atoms with E-state index in [0.717, 1.165) is 35.6 Å². The van der Waals surface area contributed by atoms with Crippen LogP contribution >= 0.6 is 11.3 Å². The van der Waals surface area contributed by atoms with Gasteiger partial charge in [0.25, 0.3) is 5.89 Å². The van der Waals surface area contributed by atoms with Crippen LogP contribution in [0.3, 0.4) is 0 Å². The molecule has 2 aromatic heterocycles. The van der Waals surface area contributed by atoms with Crippen molar-refractivity contribution in [2.45, 2.75) is 45.6 Å². The second-order valence-corrected chi connectivity index (χ2v) is 6.49. The highest BCUT2D eigenvalue weighted by Crippen LogP contribution is 2.37. The Balaban J connectivity index is 1.79. The smallest absolute Gasteiger partial charge is 0.261 e. The van der Waals surface area contributed by atoms with Crippen molar-refractivity contribution in [2.24, 2.45) is 0 Å². The van der Waals surface area contributed by atoms with Gasteiger partial charge < -0.3 is 15.0 Å². The normalized spacial score (nSPS) is 19.4. The second-order valence-electron chi connectivity index (χ2n) is 5.23. The average molecular weight is 293 g/mol. The summed E-state index contributed by atoms with van der Waals surface area (Å²) in [6.07, 6.45) is 4.37. The molecule has 5 nitrogen and oxygen atoms in total. The molecule has 1 unspecified atom stereocenters. The van der Waals surface area contributed by atoms with Gasteiger partial charge in [0.2, 0.25) is 0 Å². The summed E-state index contributed by atoms with van der Waals surface area (Å²) in [5, 5.41) is 4.80. The molecule has 108 valence electrons. The molecule has 1 saturated heterocycles. The van der Waals surface area contributed by atoms with Crippen LogP contribution in [0.2, 0.25) is 0 Å². The first kappa shape index (κ1) is 13.6. The SMILES string of the molecule is Cc1sc(N)c(-c2nc(CC3CCCCO3)no2)c1C. The predicted octanol–water partition coefficient (Wildman–Crippen LogP) is 3.11. The maximum atomic E-state index is 6.03. The van der Waals surface area contributed by atoms with E-state index in [9.17, 15) is 0 Å². The maximum absolute atomic E-state index is 6.03. The van der Waals surface area contributed by atoms with Crippen LogP contribution in [0.5, 0.6) is 0 Å². The van der Waals surface area contributed by atoms with Gasteiger partial charge in [-0.1, -0.05) is 5.16 Å². The third-order valence-electron chi connectivity index (χ3n) is 3.78. The molecule has 0 saturated carbocycles. The minimum absolute atomic E-state index is 0.219. The van der Waals surface area contributed by atoms with Crippen LogP contribution < -0.4 is 5.73 Å². The summed E-state index contributed by atoms with van der Waals surface area (Å²) in [5.41, 5.74) is 8.04. The van der Waals surface area contributed by atoms with Gasteiger partial charge in [0.1, 0.15) is 0 Å². The molecule has 20 heavy (non-hydrogen) atoms. The molecule has 0 bridgehead atoms. The molecular formula is C14H19N3O2S. The Bertz CT molecular complexity index is 600. The monoisotopic (exact) mass is 293 g/mol. The molecule has 1 aliphatic rings. The Labute approximate surface area is 122 Å². The van der Waals surface area contributed by atoms with E-state index in [1.54, 1.807) is 11.3 Å². The van der Waals surface area contributed by atoms with Crippen molar-refractivity contribution in [1.29, 1.82) is 0 Å². The van der Waals surface area contributed by atoms with Gasteiger partial charge in [-0.05, 0) is 38.7 Å². The van der Waals surface area contributed by atoms with Crippen molar-refractivity contribution in [1.82, 2.24) is 10.1 Å². The van der Waals surface area contributed by atoms with Gasteiger partial charge in [0, 0.05) is 17.9 Å². The summed E-state index contributed by atoms with van der Waals surface area (Å²) in [5.74, 6) is 1.23. The minimum Gasteiger partial charge on any atom is -0.390 e. The number of nitrogens with zero attached hydrogens (tertiary/aromatic N) is 2. The fraction of sp³-hybridized carbons (Fsp3) is 0.571. The fourth-order valence-corrected chi connectivity index (χ4v) is 3.46. The van der Waals surface area contributed by atoms with E-state index < -0.39 is 0 Å². The summed E-state index contributed by atoms with van der Waals surface area (Å²) in [6, 6.07) is 0. The van der Waals surface area contributed by atoms with E-state index in [1.807, 2.05) is 13.8 Å². The molecule has 0 radical (unpaired) electrons. The number of rotatable bonds is 3. The molecule has 6 heteroatoms. The Morgan fingerprint density at radius 3 is 2.85 bits per heavy atom. The lowest BCUT2D eigenvalue weighted by molar-refractivity contribution is 0.0153. The van der Waals surface area contributed by atoms with Gasteiger partial charge in [-0.15, -0.1) is 11.3 Å². The van der Waals surface area contributed by atoms with Gasteiger partial charge in [-0.2, -0.15) is 4.98 Å². The average Bonchev–Trinajstić information content (AvgIpc) is 2.97. The fourth-order valence-electron chi connectivity index (χ4n) is 2.53. The Morgan fingerprint density at radius 1 is 1.35 bits per heavy atom. The van der Waals surface area contributed by atoms with E-state index >= 15 is 0 Å². The maximum Gasteiger partial charge on any atom is 0.261 e. The lowest BCUT2D eigenvalue weighted by Crippen LogP contribution is -2.21. The number of ether oxygens (including phenoxy) is 1. The molecule has 1 aliphatic heterocycles. The summed E-state index contributed by atoms with van der Waals surface area (Å²) < 4.78 is 11.1. The second kappa shape index (κ2) is 5.54. The van der Waals surface area contributed by atoms with Crippen LogP contribution in [0.4, 0.5) is 5.00 Å². The molecule has 0 aliphatic carbocycles. The lowest BCUT2D eigenvalue weighted by atomic mass is 10.1. The number of anilines is 1. The number of hydrogen-bond donors (Lipinski definition) is 1. The van der Waals surface area contributed by atoms with Gasteiger partial charge in [-0.25, -0.2) is 0 Å². The first-order valence-electron chi connectivity index (χ1n) is 6.95. The van der Waals surface area contributed by atoms with Crippen molar-refractivity contribution in [3.05, 3.63) is 16.3 Å². The van der Waals surface area contributed by atoms with E-state index in [4.69, 9.17) is 15.0 Å². The summed E-state index contributed by atoms with van der Waals surface area (Å²) in [7, 11) is 0. The molecular weight excluding hydrogens is 274 g/mol. The number of nitrogen functional groups attached to an aromatic ring is 1. The summed E-state index contributed by atoms with van der Waals surface area (Å²) in [4.78, 5) is 5.67. The predicted molar refractivity (Wildman–Crippen MR) is 78.8 cm³/mol. The highest BCUT2D eigenvalue weighted by atomic mass is 32.1. The van der Waals surface area contributed by atoms with Crippen LogP contribution in [-0.4, -0.2) is 22.9 Å². The van der Waals surface area contributed by atoms with Gasteiger partial charge in [0.05, 0.1) is 16.7 Å². The molecule has 1 atom stereocenters. The van der Waals surface area contributed by atoms with Crippen LogP contribution in [0.1, 0.15) is 35.5 Å². The van der Waals surface area contributed by atoms with Gasteiger partial charge in [0.15, 0.2) is 5.82 Å². The quantitative estimate of drug-likeness (QED) is 0.941. The first-order chi connectivity index (χ1) is 9.65. The zero-order chi connectivity index (χ0) is 14.1. The standard InChI is InChI=1S/C14H19N3O2S/c1-8-9(2)20-13(15)12(8)14-16-11(17-19-14)7-10-5-3-4-6-18-10/h10H,3-7,15H2,1-2H3. The zero-order valence-corrected chi connectivity index (χ0v) is 12.6. The minimum atomic E-state index is 0.219. The molecule has 0 amide bonds. The lowest BCUT2D eigenvalue weighted by Gasteiger charge is -2.20. The largest absolute Gasteiger partial charge is 0.390 e. The van der Waals surface area contributed by atoms with E-state index in [0.29, 0.717) is 18.1 Å². The Hall–Kier alpha value is -1.40. The molecule has 1 fully saturated rings. The first-order valence-corrected chi connectivity index (χ1v) is 7.77. The highest BCUT2D eigenvalue weighted by molar-refractivity contribution is 7.16. The molecule has 0 spiro atoms. The topological polar surface area (TPSA) is 74.2 Å². The molecule has 0 aromatic carbocycles. The number of thiophene rings is 1. The molecule has 2 aromatic rings. The molecule has 3 heterocycles. The number of hydrogen-bond acceptors (Lipinski definition) is 6. The van der Waals surface area contributed by atoms with Crippen LogP contribution in [0.15, 0.2) is 4.52 Å². The van der Waals surface area contributed by atoms with Crippen molar-refractivity contribution >= 4 is 16.3 Å². The highest BCUT2D eigenvalue weighted by Gasteiger charge is 2.21. The third-order valence-corrected chi connectivity index (χ3v) is 4.82. The van der Waals surface area contributed by atoms with E-state index in [1.165, 1.54) is 11.3 Å². The zero-order valence-electron chi connectivity index (χ0n) is 11.8. The van der Waals surface area contributed by atoms with Gasteiger partial charge in [-0.3, -0.25) is 0 Å². The molecule has 3 rings (SSSR count). The number of aryl methyl sites for hydroxylation is 1. The molecule has 2 N–H and O–H groups in total.